The van der Waals surface area contributed by atoms with Gasteiger partial charge in [-0.25, -0.2) is 4.52 Å². The van der Waals surface area contributed by atoms with E-state index in [0.717, 1.165) is 45.2 Å². The van der Waals surface area contributed by atoms with E-state index < -0.39 is 11.5 Å². The molecule has 3 aromatic rings. The molecule has 1 aliphatic heterocycles. The highest BCUT2D eigenvalue weighted by molar-refractivity contribution is 6.00. The van der Waals surface area contributed by atoms with Crippen LogP contribution in [0.1, 0.15) is 78.1 Å². The fourth-order valence-electron chi connectivity index (χ4n) is 6.37. The van der Waals surface area contributed by atoms with E-state index >= 15 is 0 Å². The second-order valence-electron chi connectivity index (χ2n) is 12.4. The van der Waals surface area contributed by atoms with Gasteiger partial charge in [0, 0.05) is 12.6 Å². The number of benzene rings is 1. The zero-order valence-electron chi connectivity index (χ0n) is 23.0. The van der Waals surface area contributed by atoms with Gasteiger partial charge < -0.3 is 30.9 Å². The third kappa shape index (κ3) is 5.38. The summed E-state index contributed by atoms with van der Waals surface area (Å²) in [6.45, 7) is 5.44. The van der Waals surface area contributed by atoms with Crippen molar-refractivity contribution in [3.8, 4) is 11.5 Å². The lowest BCUT2D eigenvalue weighted by Crippen LogP contribution is -2.58. The average molecular weight is 548 g/mol. The molecule has 3 heterocycles. The van der Waals surface area contributed by atoms with Gasteiger partial charge in [-0.2, -0.15) is 5.10 Å². The number of carbonyl (C=O) groups excluding carboxylic acids is 2. The second-order valence-corrected chi connectivity index (χ2v) is 12.4. The van der Waals surface area contributed by atoms with Gasteiger partial charge in [0.1, 0.15) is 18.1 Å². The van der Waals surface area contributed by atoms with Gasteiger partial charge in [0.15, 0.2) is 0 Å². The van der Waals surface area contributed by atoms with Gasteiger partial charge in [-0.15, -0.1) is 0 Å². The molecule has 2 aliphatic carbocycles. The Kier molecular flexibility index (Phi) is 6.70. The molecule has 40 heavy (non-hydrogen) atoms. The average Bonchev–Trinajstić information content (AvgIpc) is 3.54. The van der Waals surface area contributed by atoms with Crippen LogP contribution in [0.5, 0.6) is 11.5 Å². The predicted octanol–water partition coefficient (Wildman–Crippen LogP) is 2.78. The topological polar surface area (TPSA) is 140 Å². The van der Waals surface area contributed by atoms with Crippen molar-refractivity contribution in [3.05, 3.63) is 59.4 Å². The van der Waals surface area contributed by atoms with Crippen molar-refractivity contribution >= 4 is 17.3 Å². The molecule has 3 aliphatic rings. The molecular weight excluding hydrogens is 510 g/mol. The minimum absolute atomic E-state index is 0.0409. The van der Waals surface area contributed by atoms with Crippen LogP contribution in [0.15, 0.2) is 42.7 Å². The van der Waals surface area contributed by atoms with Crippen molar-refractivity contribution in [1.82, 2.24) is 20.2 Å². The molecule has 5 N–H and O–H groups in total. The molecule has 10 nitrogen and oxygen atoms in total. The largest absolute Gasteiger partial charge is 0.490 e. The van der Waals surface area contributed by atoms with E-state index in [2.05, 4.69) is 15.7 Å². The Bertz CT molecular complexity index is 1420. The van der Waals surface area contributed by atoms with Crippen LogP contribution in [0.2, 0.25) is 0 Å². The van der Waals surface area contributed by atoms with Crippen LogP contribution >= 0.6 is 0 Å². The molecular formula is C30H37N5O5. The van der Waals surface area contributed by atoms with E-state index in [1.165, 1.54) is 5.56 Å². The first-order valence-corrected chi connectivity index (χ1v) is 14.0. The molecule has 6 rings (SSSR count). The maximum atomic E-state index is 13.0. The highest BCUT2D eigenvalue weighted by atomic mass is 16.5. The molecule has 1 atom stereocenters. The van der Waals surface area contributed by atoms with Crippen LogP contribution in [0, 0.1) is 5.41 Å². The molecule has 2 amide bonds. The normalized spacial score (nSPS) is 25.8. The number of amides is 2. The monoisotopic (exact) mass is 547 g/mol. The van der Waals surface area contributed by atoms with Crippen LogP contribution in [0.25, 0.3) is 5.52 Å². The molecule has 10 heteroatoms. The van der Waals surface area contributed by atoms with Crippen LogP contribution in [-0.4, -0.2) is 64.0 Å². The number of hydrogen-bond acceptors (Lipinski definition) is 7. The Morgan fingerprint density at radius 3 is 2.70 bits per heavy atom. The standard InChI is InChI=1S/C30H37N5O5/c1-29(2,38)17-39-21-4-6-25-24(15-33-35(25)16-21)28(37)34-20-10-30(11-20)12-22(13-30)40-26-9-18(19-7-8-32-14-19)3-5-23(26)27(31)36/h3-6,9,15-16,19-20,22,32,38H,7-8,10-14,17H2,1-2H3,(H2,31,36)(H,34,37)/t19-,20?,22?,30?/m0/s1. The number of primary amides is 1. The van der Waals surface area contributed by atoms with Crippen LogP contribution in [0.4, 0.5) is 0 Å². The fourth-order valence-corrected chi connectivity index (χ4v) is 6.37. The van der Waals surface area contributed by atoms with Crippen LogP contribution in [0.3, 0.4) is 0 Å². The van der Waals surface area contributed by atoms with E-state index in [4.69, 9.17) is 15.2 Å². The lowest BCUT2D eigenvalue weighted by atomic mass is 9.53. The molecule has 0 unspecified atom stereocenters. The third-order valence-electron chi connectivity index (χ3n) is 8.44. The number of aromatic nitrogens is 2. The molecule has 1 aromatic carbocycles. The second kappa shape index (κ2) is 10.1. The van der Waals surface area contributed by atoms with Gasteiger partial charge in [-0.05, 0) is 93.7 Å². The predicted molar refractivity (Wildman–Crippen MR) is 149 cm³/mol. The quantitative estimate of drug-likeness (QED) is 0.323. The summed E-state index contributed by atoms with van der Waals surface area (Å²) in [6, 6.07) is 9.45. The van der Waals surface area contributed by atoms with Gasteiger partial charge in [0.05, 0.1) is 40.7 Å². The molecule has 1 spiro atoms. The van der Waals surface area contributed by atoms with Gasteiger partial charge >= 0.3 is 0 Å². The molecule has 2 saturated carbocycles. The minimum atomic E-state index is -0.943. The number of aliphatic hydroxyl groups is 1. The molecule has 0 radical (unpaired) electrons. The van der Waals surface area contributed by atoms with Crippen molar-refractivity contribution in [2.75, 3.05) is 19.7 Å². The van der Waals surface area contributed by atoms with E-state index in [1.807, 2.05) is 12.1 Å². The molecule has 1 saturated heterocycles. The summed E-state index contributed by atoms with van der Waals surface area (Å²) in [5.74, 6) is 0.962. The van der Waals surface area contributed by atoms with E-state index in [-0.39, 0.29) is 30.1 Å². The smallest absolute Gasteiger partial charge is 0.255 e. The summed E-state index contributed by atoms with van der Waals surface area (Å²) < 4.78 is 13.5. The van der Waals surface area contributed by atoms with Gasteiger partial charge in [0.2, 0.25) is 0 Å². The molecule has 212 valence electrons. The van der Waals surface area contributed by atoms with Crippen LogP contribution < -0.4 is 25.8 Å². The van der Waals surface area contributed by atoms with Gasteiger partial charge in [0.25, 0.3) is 11.8 Å². The first kappa shape index (κ1) is 26.6. The van der Waals surface area contributed by atoms with Crippen molar-refractivity contribution in [2.24, 2.45) is 11.1 Å². The van der Waals surface area contributed by atoms with E-state index in [9.17, 15) is 14.7 Å². The number of nitrogens with one attached hydrogen (secondary N) is 2. The van der Waals surface area contributed by atoms with Crippen molar-refractivity contribution in [3.63, 3.8) is 0 Å². The van der Waals surface area contributed by atoms with Gasteiger partial charge in [-0.3, -0.25) is 9.59 Å². The number of fused-ring (bicyclic) bond motifs is 1. The lowest BCUT2D eigenvalue weighted by molar-refractivity contribution is -0.0834. The Labute approximate surface area is 233 Å². The van der Waals surface area contributed by atoms with Crippen molar-refractivity contribution < 1.29 is 24.2 Å². The maximum absolute atomic E-state index is 13.0. The summed E-state index contributed by atoms with van der Waals surface area (Å²) in [6.07, 6.45) is 8.00. The van der Waals surface area contributed by atoms with Crippen LogP contribution in [-0.2, 0) is 0 Å². The molecule has 0 bridgehead atoms. The third-order valence-corrected chi connectivity index (χ3v) is 8.44. The first-order valence-electron chi connectivity index (χ1n) is 14.0. The number of hydrogen-bond donors (Lipinski definition) is 4. The fraction of sp³-hybridized carbons (Fsp3) is 0.500. The summed E-state index contributed by atoms with van der Waals surface area (Å²) in [5.41, 5.74) is 7.68. The summed E-state index contributed by atoms with van der Waals surface area (Å²) in [4.78, 5) is 25.0. The molecule has 2 aromatic heterocycles. The zero-order chi connectivity index (χ0) is 28.1. The maximum Gasteiger partial charge on any atom is 0.255 e. The van der Waals surface area contributed by atoms with Crippen molar-refractivity contribution in [1.29, 1.82) is 0 Å². The number of nitrogens with zero attached hydrogens (tertiary/aromatic N) is 2. The highest BCUT2D eigenvalue weighted by Gasteiger charge is 2.54. The first-order chi connectivity index (χ1) is 19.1. The Morgan fingerprint density at radius 2 is 2.00 bits per heavy atom. The molecule has 3 fully saturated rings. The number of pyridine rings is 1. The van der Waals surface area contributed by atoms with E-state index in [0.29, 0.717) is 34.1 Å². The van der Waals surface area contributed by atoms with E-state index in [1.54, 1.807) is 49.0 Å². The summed E-state index contributed by atoms with van der Waals surface area (Å²) >= 11 is 0. The van der Waals surface area contributed by atoms with Crippen molar-refractivity contribution in [2.45, 2.75) is 69.6 Å². The summed E-state index contributed by atoms with van der Waals surface area (Å²) in [5, 5.41) is 20.7. The Hall–Kier alpha value is -3.63. The highest BCUT2D eigenvalue weighted by Crippen LogP contribution is 2.57. The Morgan fingerprint density at radius 1 is 1.20 bits per heavy atom. The van der Waals surface area contributed by atoms with Gasteiger partial charge in [-0.1, -0.05) is 6.07 Å². The zero-order valence-corrected chi connectivity index (χ0v) is 23.0. The Balaban J connectivity index is 1.02. The number of carbonyl (C=O) groups is 2. The lowest BCUT2D eigenvalue weighted by Gasteiger charge is -2.57. The SMILES string of the molecule is CC(C)(O)COc1ccc2c(C(=O)NC3CC4(C3)CC(Oc3cc([C@H]5CCNC5)ccc3C(N)=O)C4)cnn2c1. The minimum Gasteiger partial charge on any atom is -0.490 e. The number of nitrogens with two attached hydrogens (primary N) is 1. The number of rotatable bonds is 9. The summed E-state index contributed by atoms with van der Waals surface area (Å²) in [7, 11) is 0. The number of ether oxygens (including phenoxy) is 2.